The highest BCUT2D eigenvalue weighted by molar-refractivity contribution is 5.11. The summed E-state index contributed by atoms with van der Waals surface area (Å²) in [5.41, 5.74) is 0. The van der Waals surface area contributed by atoms with Gasteiger partial charge in [0.2, 0.25) is 0 Å². The molecule has 10 heavy (non-hydrogen) atoms. The molecule has 0 spiro atoms. The summed E-state index contributed by atoms with van der Waals surface area (Å²) >= 11 is 0. The summed E-state index contributed by atoms with van der Waals surface area (Å²) in [6.07, 6.45) is 17.6. The zero-order valence-electron chi connectivity index (χ0n) is 6.25. The van der Waals surface area contributed by atoms with Crippen LogP contribution >= 0.6 is 0 Å². The lowest BCUT2D eigenvalue weighted by molar-refractivity contribution is 1.40. The summed E-state index contributed by atoms with van der Waals surface area (Å²) in [6, 6.07) is 0. The van der Waals surface area contributed by atoms with Crippen molar-refractivity contribution >= 4 is 0 Å². The molecule has 0 aromatic carbocycles. The van der Waals surface area contributed by atoms with E-state index in [9.17, 15) is 0 Å². The summed E-state index contributed by atoms with van der Waals surface area (Å²) in [5, 5.41) is 0. The summed E-state index contributed by atoms with van der Waals surface area (Å²) < 4.78 is 0. The Hall–Kier alpha value is -1.22. The highest BCUT2D eigenvalue weighted by Crippen LogP contribution is 1.85. The molecule has 52 valence electrons. The molecular formula is C10H12. The first-order chi connectivity index (χ1) is 4.91. The van der Waals surface area contributed by atoms with Crippen LogP contribution < -0.4 is 0 Å². The summed E-state index contributed by atoms with van der Waals surface area (Å²) in [6.45, 7) is 1.99. The molecule has 0 fully saturated rings. The van der Waals surface area contributed by atoms with E-state index in [0.717, 1.165) is 6.42 Å². The minimum atomic E-state index is 0.911. The third kappa shape index (κ3) is 6.78. The van der Waals surface area contributed by atoms with Crippen LogP contribution in [0.15, 0.2) is 36.5 Å². The van der Waals surface area contributed by atoms with Gasteiger partial charge >= 0.3 is 0 Å². The molecule has 0 aliphatic heterocycles. The van der Waals surface area contributed by atoms with Crippen molar-refractivity contribution in [3.05, 3.63) is 36.5 Å². The van der Waals surface area contributed by atoms with Crippen LogP contribution in [0.3, 0.4) is 0 Å². The van der Waals surface area contributed by atoms with E-state index in [0.29, 0.717) is 0 Å². The SMILES string of the molecule is C#C/C=C/C/C=C/C=C/C. The van der Waals surface area contributed by atoms with Crippen molar-refractivity contribution in [2.75, 3.05) is 0 Å². The van der Waals surface area contributed by atoms with Gasteiger partial charge in [-0.1, -0.05) is 36.3 Å². The van der Waals surface area contributed by atoms with E-state index >= 15 is 0 Å². The first-order valence-corrected chi connectivity index (χ1v) is 3.30. The molecule has 0 heteroatoms. The second-order valence-corrected chi connectivity index (χ2v) is 1.76. The molecule has 0 atom stereocenters. The average molecular weight is 132 g/mol. The van der Waals surface area contributed by atoms with Crippen LogP contribution in [-0.4, -0.2) is 0 Å². The largest absolute Gasteiger partial charge is 0.115 e. The van der Waals surface area contributed by atoms with Crippen LogP contribution in [0, 0.1) is 12.3 Å². The third-order valence-corrected chi connectivity index (χ3v) is 0.926. The van der Waals surface area contributed by atoms with Crippen molar-refractivity contribution in [1.29, 1.82) is 0 Å². The molecule has 0 N–H and O–H groups in total. The first kappa shape index (κ1) is 8.78. The normalized spacial score (nSPS) is 11.6. The molecule has 0 heterocycles. The fourth-order valence-corrected chi connectivity index (χ4v) is 0.483. The fraction of sp³-hybridized carbons (Fsp3) is 0.200. The van der Waals surface area contributed by atoms with E-state index in [1.165, 1.54) is 0 Å². The maximum absolute atomic E-state index is 4.99. The van der Waals surface area contributed by atoms with E-state index in [1.54, 1.807) is 6.08 Å². The molecule has 0 saturated heterocycles. The Morgan fingerprint density at radius 2 is 2.10 bits per heavy atom. The maximum atomic E-state index is 4.99. The Labute approximate surface area is 63.0 Å². The van der Waals surface area contributed by atoms with Crippen molar-refractivity contribution in [2.24, 2.45) is 0 Å². The van der Waals surface area contributed by atoms with Crippen LogP contribution in [0.25, 0.3) is 0 Å². The van der Waals surface area contributed by atoms with Crippen LogP contribution in [-0.2, 0) is 0 Å². The van der Waals surface area contributed by atoms with Gasteiger partial charge < -0.3 is 0 Å². The van der Waals surface area contributed by atoms with Crippen LogP contribution in [0.4, 0.5) is 0 Å². The lowest BCUT2D eigenvalue weighted by atomic mass is 10.3. The van der Waals surface area contributed by atoms with Gasteiger partial charge in [-0.2, -0.15) is 0 Å². The number of rotatable bonds is 3. The van der Waals surface area contributed by atoms with E-state index in [2.05, 4.69) is 5.92 Å². The molecule has 0 nitrogen and oxygen atoms in total. The quantitative estimate of drug-likeness (QED) is 0.409. The average Bonchev–Trinajstić information content (AvgIpc) is 1.97. The topological polar surface area (TPSA) is 0 Å². The second kappa shape index (κ2) is 7.78. The van der Waals surface area contributed by atoms with Crippen molar-refractivity contribution in [2.45, 2.75) is 13.3 Å². The molecule has 0 aliphatic carbocycles. The number of allylic oxidation sites excluding steroid dienone is 6. The van der Waals surface area contributed by atoms with E-state index in [1.807, 2.05) is 37.3 Å². The predicted molar refractivity (Wildman–Crippen MR) is 46.5 cm³/mol. The van der Waals surface area contributed by atoms with Gasteiger partial charge in [0.25, 0.3) is 0 Å². The Bertz CT molecular complexity index is 175. The lowest BCUT2D eigenvalue weighted by Crippen LogP contribution is -1.55. The molecule has 0 aromatic rings. The van der Waals surface area contributed by atoms with Gasteiger partial charge in [0, 0.05) is 0 Å². The summed E-state index contributed by atoms with van der Waals surface area (Å²) in [7, 11) is 0. The molecule has 0 aliphatic rings. The van der Waals surface area contributed by atoms with Gasteiger partial charge in [0.15, 0.2) is 0 Å². The molecule has 0 bridgehead atoms. The van der Waals surface area contributed by atoms with E-state index < -0.39 is 0 Å². The first-order valence-electron chi connectivity index (χ1n) is 3.30. The van der Waals surface area contributed by atoms with Crippen molar-refractivity contribution in [3.8, 4) is 12.3 Å². The Kier molecular flexibility index (Phi) is 6.83. The molecule has 0 rings (SSSR count). The van der Waals surface area contributed by atoms with Crippen molar-refractivity contribution in [1.82, 2.24) is 0 Å². The van der Waals surface area contributed by atoms with Crippen LogP contribution in [0.5, 0.6) is 0 Å². The summed E-state index contributed by atoms with van der Waals surface area (Å²) in [4.78, 5) is 0. The number of hydrogen-bond donors (Lipinski definition) is 0. The van der Waals surface area contributed by atoms with Gasteiger partial charge in [-0.15, -0.1) is 6.42 Å². The predicted octanol–water partition coefficient (Wildman–Crippen LogP) is 2.70. The van der Waals surface area contributed by atoms with Gasteiger partial charge in [-0.25, -0.2) is 0 Å². The zero-order valence-corrected chi connectivity index (χ0v) is 6.25. The lowest BCUT2D eigenvalue weighted by Gasteiger charge is -1.75. The van der Waals surface area contributed by atoms with Crippen LogP contribution in [0.1, 0.15) is 13.3 Å². The van der Waals surface area contributed by atoms with E-state index in [4.69, 9.17) is 6.42 Å². The third-order valence-electron chi connectivity index (χ3n) is 0.926. The van der Waals surface area contributed by atoms with Crippen molar-refractivity contribution in [3.63, 3.8) is 0 Å². The maximum Gasteiger partial charge on any atom is -0.0157 e. The monoisotopic (exact) mass is 132 g/mol. The Morgan fingerprint density at radius 3 is 2.70 bits per heavy atom. The minimum absolute atomic E-state index is 0.911. The smallest absolute Gasteiger partial charge is 0.0157 e. The Morgan fingerprint density at radius 1 is 1.30 bits per heavy atom. The van der Waals surface area contributed by atoms with Gasteiger partial charge in [0.1, 0.15) is 0 Å². The van der Waals surface area contributed by atoms with Crippen molar-refractivity contribution < 1.29 is 0 Å². The molecule has 0 unspecified atom stereocenters. The second-order valence-electron chi connectivity index (χ2n) is 1.76. The molecular weight excluding hydrogens is 120 g/mol. The van der Waals surface area contributed by atoms with Crippen LogP contribution in [0.2, 0.25) is 0 Å². The fourth-order valence-electron chi connectivity index (χ4n) is 0.483. The standard InChI is InChI=1S/C10H12/c1-3-5-7-9-10-8-6-4-2/h1,4-8,10H,9H2,2H3/b6-4+,7-5+,10-8+. The molecule has 0 amide bonds. The zero-order chi connectivity index (χ0) is 7.66. The Balaban J connectivity index is 3.37. The number of hydrogen-bond acceptors (Lipinski definition) is 0. The molecule has 0 aromatic heterocycles. The molecule has 0 saturated carbocycles. The van der Waals surface area contributed by atoms with Gasteiger partial charge in [0.05, 0.1) is 0 Å². The molecule has 0 radical (unpaired) electrons. The highest BCUT2D eigenvalue weighted by atomic mass is 13.7. The van der Waals surface area contributed by atoms with Gasteiger partial charge in [-0.3, -0.25) is 0 Å². The highest BCUT2D eigenvalue weighted by Gasteiger charge is 1.65. The van der Waals surface area contributed by atoms with E-state index in [-0.39, 0.29) is 0 Å². The number of terminal acetylenes is 1. The van der Waals surface area contributed by atoms with Gasteiger partial charge in [-0.05, 0) is 19.4 Å². The summed E-state index contributed by atoms with van der Waals surface area (Å²) in [5.74, 6) is 2.43. The minimum Gasteiger partial charge on any atom is -0.115 e.